The van der Waals surface area contributed by atoms with Crippen LogP contribution in [0.5, 0.6) is 6.01 Å². The summed E-state index contributed by atoms with van der Waals surface area (Å²) < 4.78 is 26.7. The summed E-state index contributed by atoms with van der Waals surface area (Å²) in [5.74, 6) is -0.106. The van der Waals surface area contributed by atoms with Crippen molar-refractivity contribution in [1.82, 2.24) is 24.6 Å². The fourth-order valence-electron chi connectivity index (χ4n) is 7.08. The Bertz CT molecular complexity index is 1320. The molecule has 0 aromatic carbocycles. The summed E-state index contributed by atoms with van der Waals surface area (Å²) in [6.07, 6.45) is 7.75. The first-order valence-corrected chi connectivity index (χ1v) is 15.1. The molecule has 2 saturated heterocycles. The predicted octanol–water partition coefficient (Wildman–Crippen LogP) is 3.57. The molecule has 0 bridgehead atoms. The lowest BCUT2D eigenvalue weighted by Gasteiger charge is -2.47. The highest BCUT2D eigenvalue weighted by atomic mass is 16.7. The van der Waals surface area contributed by atoms with Gasteiger partial charge in [0, 0.05) is 12.5 Å². The van der Waals surface area contributed by atoms with Crippen molar-refractivity contribution >= 4 is 17.6 Å². The predicted molar refractivity (Wildman–Crippen MR) is 151 cm³/mol. The second kappa shape index (κ2) is 10.1. The standard InChI is InChI=1S/C29H41N7O5/c1-28(2,3)41-27(37)34-12-13-36-24-21(16-30-36)35(22-9-5-6-10-29(22)39-14-15-40-29)17-20-23(24)25(34)32-26(31-20)38-18-19-8-7-11-33(19)4/h16,19,22H,5-15,17-18H2,1-4H3/t19-,22?/m0/s1. The lowest BCUT2D eigenvalue weighted by molar-refractivity contribution is -0.189. The van der Waals surface area contributed by atoms with E-state index in [0.717, 1.165) is 67.7 Å². The number of carbonyl (C=O) groups excluding carboxylic acids is 1. The molecule has 5 aliphatic rings. The Labute approximate surface area is 240 Å². The molecule has 0 radical (unpaired) electrons. The van der Waals surface area contributed by atoms with Crippen molar-refractivity contribution in [1.29, 1.82) is 0 Å². The number of likely N-dealkylation sites (N-methyl/N-ethyl adjacent to an activating group) is 1. The first-order chi connectivity index (χ1) is 19.7. The van der Waals surface area contributed by atoms with Crippen LogP contribution in [0.25, 0.3) is 11.3 Å². The monoisotopic (exact) mass is 567 g/mol. The van der Waals surface area contributed by atoms with Gasteiger partial charge in [-0.05, 0) is 60.0 Å². The molecule has 12 nitrogen and oxygen atoms in total. The van der Waals surface area contributed by atoms with Gasteiger partial charge in [-0.25, -0.2) is 4.79 Å². The molecule has 1 saturated carbocycles. The van der Waals surface area contributed by atoms with Crippen molar-refractivity contribution in [3.05, 3.63) is 11.9 Å². The summed E-state index contributed by atoms with van der Waals surface area (Å²) in [7, 11) is 2.13. The SMILES string of the molecule is CN1CCC[C@H]1COc1nc2c3c(n1)N(C(=O)OC(C)(C)C)CCn1ncc(c1-3)N(C1CCCCC13OCCO3)C2. The highest BCUT2D eigenvalue weighted by Crippen LogP contribution is 2.49. The number of likely N-dealkylation sites (tertiary alicyclic amines) is 1. The minimum absolute atomic E-state index is 0.0286. The molecule has 7 rings (SSSR count). The molecule has 2 atom stereocenters. The number of aromatic nitrogens is 4. The maximum Gasteiger partial charge on any atom is 0.416 e. The molecule has 41 heavy (non-hydrogen) atoms. The van der Waals surface area contributed by atoms with Crippen LogP contribution in [0.4, 0.5) is 16.3 Å². The van der Waals surface area contributed by atoms with E-state index in [1.165, 1.54) is 0 Å². The van der Waals surface area contributed by atoms with Crippen LogP contribution in [0.2, 0.25) is 0 Å². The van der Waals surface area contributed by atoms with Crippen molar-refractivity contribution in [2.45, 2.75) is 95.9 Å². The molecule has 1 spiro atoms. The van der Waals surface area contributed by atoms with E-state index >= 15 is 0 Å². The van der Waals surface area contributed by atoms with Crippen molar-refractivity contribution < 1.29 is 23.7 Å². The first kappa shape index (κ1) is 26.9. The van der Waals surface area contributed by atoms with E-state index in [9.17, 15) is 4.79 Å². The molecule has 4 aliphatic heterocycles. The van der Waals surface area contributed by atoms with Crippen molar-refractivity contribution in [2.75, 3.05) is 49.8 Å². The lowest BCUT2D eigenvalue weighted by atomic mass is 9.86. The van der Waals surface area contributed by atoms with E-state index in [-0.39, 0.29) is 12.1 Å². The Hall–Kier alpha value is -2.96. The number of hydrogen-bond acceptors (Lipinski definition) is 10. The Morgan fingerprint density at radius 1 is 1.10 bits per heavy atom. The first-order valence-electron chi connectivity index (χ1n) is 15.1. The second-order valence-corrected chi connectivity index (χ2v) is 12.9. The topological polar surface area (TPSA) is 107 Å². The van der Waals surface area contributed by atoms with Crippen LogP contribution in [0.3, 0.4) is 0 Å². The van der Waals surface area contributed by atoms with Crippen molar-refractivity contribution in [2.24, 2.45) is 0 Å². The number of amides is 1. The third kappa shape index (κ3) is 4.73. The smallest absolute Gasteiger partial charge is 0.416 e. The number of carbonyl (C=O) groups is 1. The maximum absolute atomic E-state index is 13.5. The van der Waals surface area contributed by atoms with E-state index < -0.39 is 17.5 Å². The summed E-state index contributed by atoms with van der Waals surface area (Å²) in [4.78, 5) is 29.7. The molecule has 1 unspecified atom stereocenters. The van der Waals surface area contributed by atoms with Gasteiger partial charge in [-0.15, -0.1) is 0 Å². The molecule has 6 heterocycles. The van der Waals surface area contributed by atoms with E-state index in [0.29, 0.717) is 51.3 Å². The fraction of sp³-hybridized carbons (Fsp3) is 0.724. The average molecular weight is 568 g/mol. The zero-order valence-electron chi connectivity index (χ0n) is 24.6. The molecule has 0 N–H and O–H groups in total. The Morgan fingerprint density at radius 2 is 1.93 bits per heavy atom. The number of hydrogen-bond donors (Lipinski definition) is 0. The molecular formula is C29H41N7O5. The maximum atomic E-state index is 13.5. The van der Waals surface area contributed by atoms with Crippen LogP contribution in [0.1, 0.15) is 65.0 Å². The third-order valence-electron chi connectivity index (χ3n) is 9.02. The van der Waals surface area contributed by atoms with Gasteiger partial charge >= 0.3 is 12.1 Å². The van der Waals surface area contributed by atoms with Gasteiger partial charge in [-0.3, -0.25) is 9.58 Å². The molecule has 222 valence electrons. The summed E-state index contributed by atoms with van der Waals surface area (Å²) in [6, 6.07) is 0.635. The quantitative estimate of drug-likeness (QED) is 0.544. The normalized spacial score (nSPS) is 25.4. The van der Waals surface area contributed by atoms with E-state index in [2.05, 4.69) is 16.8 Å². The van der Waals surface area contributed by atoms with Gasteiger partial charge in [0.05, 0.1) is 67.7 Å². The second-order valence-electron chi connectivity index (χ2n) is 12.9. The van der Waals surface area contributed by atoms with Gasteiger partial charge in [-0.2, -0.15) is 15.1 Å². The molecule has 1 amide bonds. The van der Waals surface area contributed by atoms with Gasteiger partial charge in [-0.1, -0.05) is 6.42 Å². The Morgan fingerprint density at radius 3 is 2.68 bits per heavy atom. The van der Waals surface area contributed by atoms with E-state index in [4.69, 9.17) is 34.0 Å². The van der Waals surface area contributed by atoms with Gasteiger partial charge in [0.1, 0.15) is 12.2 Å². The van der Waals surface area contributed by atoms with E-state index in [1.807, 2.05) is 31.6 Å². The Kier molecular flexibility index (Phi) is 6.62. The van der Waals surface area contributed by atoms with Crippen LogP contribution in [0, 0.1) is 0 Å². The highest BCUT2D eigenvalue weighted by molar-refractivity contribution is 5.96. The number of ether oxygens (including phenoxy) is 4. The number of rotatable bonds is 4. The van der Waals surface area contributed by atoms with Crippen LogP contribution in [-0.2, 0) is 27.3 Å². The highest BCUT2D eigenvalue weighted by Gasteiger charge is 2.51. The third-order valence-corrected chi connectivity index (χ3v) is 9.02. The van der Waals surface area contributed by atoms with Crippen LogP contribution >= 0.6 is 0 Å². The molecule has 2 aromatic heterocycles. The van der Waals surface area contributed by atoms with Crippen LogP contribution in [-0.4, -0.2) is 94.2 Å². The average Bonchev–Trinajstić information content (AvgIpc) is 3.65. The summed E-state index contributed by atoms with van der Waals surface area (Å²) in [5.41, 5.74) is 2.91. The number of nitrogens with zero attached hydrogens (tertiary/aromatic N) is 7. The Balaban J connectivity index is 1.31. The fourth-order valence-corrected chi connectivity index (χ4v) is 7.08. The summed E-state index contributed by atoms with van der Waals surface area (Å²) in [6.45, 7) is 9.80. The van der Waals surface area contributed by atoms with Gasteiger partial charge in [0.25, 0.3) is 0 Å². The molecule has 12 heteroatoms. The van der Waals surface area contributed by atoms with Crippen LogP contribution < -0.4 is 14.5 Å². The van der Waals surface area contributed by atoms with Crippen molar-refractivity contribution in [3.8, 4) is 17.3 Å². The van der Waals surface area contributed by atoms with Gasteiger partial charge in [0.2, 0.25) is 0 Å². The number of anilines is 2. The minimum atomic E-state index is -0.644. The van der Waals surface area contributed by atoms with Crippen molar-refractivity contribution in [3.63, 3.8) is 0 Å². The minimum Gasteiger partial charge on any atom is -0.462 e. The zero-order chi connectivity index (χ0) is 28.4. The summed E-state index contributed by atoms with van der Waals surface area (Å²) >= 11 is 0. The lowest BCUT2D eigenvalue weighted by Crippen LogP contribution is -2.56. The molecule has 3 fully saturated rings. The molecule has 2 aromatic rings. The summed E-state index contributed by atoms with van der Waals surface area (Å²) in [5, 5.41) is 4.79. The molecule has 1 aliphatic carbocycles. The van der Waals surface area contributed by atoms with Crippen LogP contribution in [0.15, 0.2) is 6.20 Å². The largest absolute Gasteiger partial charge is 0.462 e. The molecular weight excluding hydrogens is 526 g/mol. The van der Waals surface area contributed by atoms with Gasteiger partial charge < -0.3 is 28.7 Å². The van der Waals surface area contributed by atoms with E-state index in [1.54, 1.807) is 4.90 Å². The zero-order valence-corrected chi connectivity index (χ0v) is 24.6. The van der Waals surface area contributed by atoms with Gasteiger partial charge in [0.15, 0.2) is 11.6 Å².